The molecule has 1 aliphatic rings. The number of fused-ring (bicyclic) bond motifs is 1. The van der Waals surface area contributed by atoms with Gasteiger partial charge in [0.25, 0.3) is 0 Å². The van der Waals surface area contributed by atoms with E-state index in [1.165, 1.54) is 17.7 Å². The third-order valence-corrected chi connectivity index (χ3v) is 3.89. The maximum atomic E-state index is 5.14. The molecular formula is C16H27N3O. The largest absolute Gasteiger partial charge is 0.377 e. The van der Waals surface area contributed by atoms with Crippen molar-refractivity contribution in [3.63, 3.8) is 0 Å². The fourth-order valence-corrected chi connectivity index (χ4v) is 2.87. The second kappa shape index (κ2) is 7.14. The minimum absolute atomic E-state index is 0.507. The zero-order chi connectivity index (χ0) is 14.5. The molecule has 0 radical (unpaired) electrons. The van der Waals surface area contributed by atoms with Crippen LogP contribution in [0.1, 0.15) is 43.0 Å². The molecule has 1 aromatic rings. The Morgan fingerprint density at radius 2 is 2.15 bits per heavy atom. The van der Waals surface area contributed by atoms with E-state index in [9.17, 15) is 0 Å². The number of hydrogen-bond donors (Lipinski definition) is 1. The van der Waals surface area contributed by atoms with Crippen molar-refractivity contribution in [1.82, 2.24) is 15.3 Å². The van der Waals surface area contributed by atoms with Gasteiger partial charge in [0.15, 0.2) is 5.82 Å². The lowest BCUT2D eigenvalue weighted by Crippen LogP contribution is -2.30. The van der Waals surface area contributed by atoms with Gasteiger partial charge in [0, 0.05) is 18.5 Å². The van der Waals surface area contributed by atoms with Crippen LogP contribution in [0.3, 0.4) is 0 Å². The highest BCUT2D eigenvalue weighted by Crippen LogP contribution is 2.26. The molecule has 0 saturated carbocycles. The van der Waals surface area contributed by atoms with Gasteiger partial charge in [-0.3, -0.25) is 0 Å². The van der Waals surface area contributed by atoms with E-state index in [0.29, 0.717) is 12.5 Å². The van der Waals surface area contributed by atoms with Gasteiger partial charge in [-0.05, 0) is 56.7 Å². The maximum absolute atomic E-state index is 5.14. The molecule has 0 amide bonds. The topological polar surface area (TPSA) is 47.0 Å². The summed E-state index contributed by atoms with van der Waals surface area (Å²) in [6.45, 7) is 9.32. The van der Waals surface area contributed by atoms with Gasteiger partial charge < -0.3 is 10.1 Å². The number of nitrogens with one attached hydrogen (secondary N) is 1. The number of aromatic nitrogens is 2. The minimum Gasteiger partial charge on any atom is -0.377 e. The Balaban J connectivity index is 1.99. The first-order valence-corrected chi connectivity index (χ1v) is 7.65. The van der Waals surface area contributed by atoms with Gasteiger partial charge in [0.05, 0.1) is 0 Å². The summed E-state index contributed by atoms with van der Waals surface area (Å²) in [5.74, 6) is 2.25. The van der Waals surface area contributed by atoms with E-state index in [2.05, 4.69) is 36.1 Å². The molecule has 112 valence electrons. The molecule has 1 unspecified atom stereocenters. The van der Waals surface area contributed by atoms with Crippen LogP contribution in [-0.4, -0.2) is 30.2 Å². The first kappa shape index (κ1) is 15.4. The molecule has 4 nitrogen and oxygen atoms in total. The summed E-state index contributed by atoms with van der Waals surface area (Å²) in [5, 5.41) is 3.58. The fourth-order valence-electron chi connectivity index (χ4n) is 2.87. The normalized spacial score (nSPS) is 18.4. The van der Waals surface area contributed by atoms with Crippen LogP contribution < -0.4 is 5.32 Å². The number of aryl methyl sites for hydroxylation is 2. The number of hydrogen-bond acceptors (Lipinski definition) is 4. The van der Waals surface area contributed by atoms with Crippen molar-refractivity contribution in [1.29, 1.82) is 0 Å². The van der Waals surface area contributed by atoms with Crippen molar-refractivity contribution in [2.24, 2.45) is 11.8 Å². The smallest absolute Gasteiger partial charge is 0.154 e. The van der Waals surface area contributed by atoms with Crippen molar-refractivity contribution >= 4 is 0 Å². The quantitative estimate of drug-likeness (QED) is 0.866. The molecule has 0 bridgehead atoms. The monoisotopic (exact) mass is 277 g/mol. The summed E-state index contributed by atoms with van der Waals surface area (Å²) < 4.78 is 5.14. The number of ether oxygens (including phenoxy) is 1. The first-order valence-electron chi connectivity index (χ1n) is 7.65. The highest BCUT2D eigenvalue weighted by molar-refractivity contribution is 5.28. The van der Waals surface area contributed by atoms with E-state index in [0.717, 1.165) is 43.4 Å². The van der Waals surface area contributed by atoms with Gasteiger partial charge in [-0.25, -0.2) is 9.97 Å². The molecule has 0 spiro atoms. The Hall–Kier alpha value is -1.00. The van der Waals surface area contributed by atoms with E-state index in [1.54, 1.807) is 7.11 Å². The number of methoxy groups -OCH3 is 1. The van der Waals surface area contributed by atoms with Crippen molar-refractivity contribution < 1.29 is 4.74 Å². The molecule has 1 N–H and O–H groups in total. The molecule has 4 heteroatoms. The average Bonchev–Trinajstić information content (AvgIpc) is 2.39. The maximum Gasteiger partial charge on any atom is 0.154 e. The van der Waals surface area contributed by atoms with Crippen LogP contribution in [0.15, 0.2) is 0 Å². The first-order chi connectivity index (χ1) is 9.60. The SMILES string of the molecule is COCc1nc(C)c2c(n1)CCC(CNCC(C)C)C2. The van der Waals surface area contributed by atoms with Crippen molar-refractivity contribution in [3.05, 3.63) is 22.8 Å². The predicted molar refractivity (Wildman–Crippen MR) is 80.7 cm³/mol. The standard InChI is InChI=1S/C16H27N3O/c1-11(2)8-17-9-13-5-6-15-14(7-13)12(3)18-16(19-15)10-20-4/h11,13,17H,5-10H2,1-4H3. The molecule has 1 atom stereocenters. The van der Waals surface area contributed by atoms with Crippen LogP contribution in [0, 0.1) is 18.8 Å². The van der Waals surface area contributed by atoms with Crippen LogP contribution in [-0.2, 0) is 24.2 Å². The highest BCUT2D eigenvalue weighted by Gasteiger charge is 2.22. The summed E-state index contributed by atoms with van der Waals surface area (Å²) in [5.41, 5.74) is 3.74. The highest BCUT2D eigenvalue weighted by atomic mass is 16.5. The van der Waals surface area contributed by atoms with Crippen LogP contribution in [0.2, 0.25) is 0 Å². The molecule has 1 aromatic heterocycles. The van der Waals surface area contributed by atoms with E-state index in [4.69, 9.17) is 4.74 Å². The molecule has 1 heterocycles. The summed E-state index contributed by atoms with van der Waals surface area (Å²) in [7, 11) is 1.69. The summed E-state index contributed by atoms with van der Waals surface area (Å²) in [4.78, 5) is 9.21. The number of rotatable bonds is 6. The Morgan fingerprint density at radius 3 is 2.85 bits per heavy atom. The van der Waals surface area contributed by atoms with Crippen molar-refractivity contribution in [3.8, 4) is 0 Å². The second-order valence-electron chi connectivity index (χ2n) is 6.24. The zero-order valence-electron chi connectivity index (χ0n) is 13.2. The van der Waals surface area contributed by atoms with Gasteiger partial charge in [-0.1, -0.05) is 13.8 Å². The zero-order valence-corrected chi connectivity index (χ0v) is 13.2. The third kappa shape index (κ3) is 4.00. The molecule has 20 heavy (non-hydrogen) atoms. The molecule has 0 aliphatic heterocycles. The van der Waals surface area contributed by atoms with Crippen LogP contribution in [0.25, 0.3) is 0 Å². The lowest BCUT2D eigenvalue weighted by atomic mass is 9.85. The third-order valence-electron chi connectivity index (χ3n) is 3.89. The molecular weight excluding hydrogens is 250 g/mol. The van der Waals surface area contributed by atoms with Gasteiger partial charge in [-0.2, -0.15) is 0 Å². The lowest BCUT2D eigenvalue weighted by Gasteiger charge is -2.26. The Labute approximate surface area is 122 Å². The molecule has 1 aliphatic carbocycles. The van der Waals surface area contributed by atoms with Crippen LogP contribution in [0.4, 0.5) is 0 Å². The van der Waals surface area contributed by atoms with Gasteiger partial charge in [0.1, 0.15) is 6.61 Å². The number of nitrogens with zero attached hydrogens (tertiary/aromatic N) is 2. The fraction of sp³-hybridized carbons (Fsp3) is 0.750. The van der Waals surface area contributed by atoms with E-state index < -0.39 is 0 Å². The second-order valence-corrected chi connectivity index (χ2v) is 6.24. The summed E-state index contributed by atoms with van der Waals surface area (Å²) >= 11 is 0. The van der Waals surface area contributed by atoms with E-state index >= 15 is 0 Å². The Kier molecular flexibility index (Phi) is 5.49. The average molecular weight is 277 g/mol. The van der Waals surface area contributed by atoms with E-state index in [1.807, 2.05) is 0 Å². The van der Waals surface area contributed by atoms with Gasteiger partial charge in [0.2, 0.25) is 0 Å². The van der Waals surface area contributed by atoms with Gasteiger partial charge in [-0.15, -0.1) is 0 Å². The molecule has 0 saturated heterocycles. The van der Waals surface area contributed by atoms with E-state index in [-0.39, 0.29) is 0 Å². The molecule has 2 rings (SSSR count). The van der Waals surface area contributed by atoms with Gasteiger partial charge >= 0.3 is 0 Å². The predicted octanol–water partition coefficient (Wildman–Crippen LogP) is 2.28. The van der Waals surface area contributed by atoms with Crippen molar-refractivity contribution in [2.45, 2.75) is 46.6 Å². The Morgan fingerprint density at radius 1 is 1.35 bits per heavy atom. The molecule has 0 aromatic carbocycles. The lowest BCUT2D eigenvalue weighted by molar-refractivity contribution is 0.177. The van der Waals surface area contributed by atoms with Crippen LogP contribution in [0.5, 0.6) is 0 Å². The van der Waals surface area contributed by atoms with Crippen molar-refractivity contribution in [2.75, 3.05) is 20.2 Å². The summed E-state index contributed by atoms with van der Waals surface area (Å²) in [6.07, 6.45) is 3.41. The minimum atomic E-state index is 0.507. The molecule has 0 fully saturated rings. The Bertz CT molecular complexity index is 446. The van der Waals surface area contributed by atoms with Crippen LogP contribution >= 0.6 is 0 Å². The summed E-state index contributed by atoms with van der Waals surface area (Å²) in [6, 6.07) is 0.